The summed E-state index contributed by atoms with van der Waals surface area (Å²) in [5, 5.41) is 8.24. The average molecular weight is 191 g/mol. The van der Waals surface area contributed by atoms with Crippen molar-refractivity contribution in [2.75, 3.05) is 5.75 Å². The molecule has 2 nitrogen and oxygen atoms in total. The molecule has 0 bridgehead atoms. The molecular formula is C10H9NOS. The van der Waals surface area contributed by atoms with Gasteiger partial charge in [-0.05, 0) is 6.92 Å². The molecule has 0 amide bonds. The number of nitriles is 1. The van der Waals surface area contributed by atoms with Crippen LogP contribution in [-0.4, -0.2) is 10.9 Å². The first-order chi connectivity index (χ1) is 6.24. The lowest BCUT2D eigenvalue weighted by atomic mass is 10.2. The van der Waals surface area contributed by atoms with Gasteiger partial charge in [0, 0.05) is 5.56 Å². The number of hydrogen-bond donors (Lipinski definition) is 0. The molecule has 0 unspecified atom stereocenters. The molecule has 0 saturated heterocycles. The highest BCUT2D eigenvalue weighted by Gasteiger charge is 2.04. The van der Waals surface area contributed by atoms with E-state index in [0.717, 1.165) is 17.3 Å². The van der Waals surface area contributed by atoms with E-state index in [1.807, 2.05) is 25.1 Å². The molecule has 1 rings (SSSR count). The van der Waals surface area contributed by atoms with Gasteiger partial charge in [0.05, 0.1) is 11.8 Å². The first-order valence-electron chi connectivity index (χ1n) is 3.85. The molecule has 0 heterocycles. The molecule has 1 aromatic carbocycles. The van der Waals surface area contributed by atoms with Gasteiger partial charge in [-0.1, -0.05) is 41.6 Å². The topological polar surface area (TPSA) is 40.9 Å². The van der Waals surface area contributed by atoms with Gasteiger partial charge in [-0.3, -0.25) is 4.79 Å². The molecule has 0 N–H and O–H groups in total. The molecule has 0 fully saturated rings. The fourth-order valence-electron chi connectivity index (χ4n) is 0.871. The van der Waals surface area contributed by atoms with Gasteiger partial charge >= 0.3 is 0 Å². The van der Waals surface area contributed by atoms with E-state index >= 15 is 0 Å². The lowest BCUT2D eigenvalue weighted by Crippen LogP contribution is -1.93. The number of carbonyl (C=O) groups excluding carboxylic acids is 1. The van der Waals surface area contributed by atoms with Crippen molar-refractivity contribution in [3.63, 3.8) is 0 Å². The van der Waals surface area contributed by atoms with Crippen LogP contribution < -0.4 is 0 Å². The molecule has 0 saturated carbocycles. The van der Waals surface area contributed by atoms with Crippen molar-refractivity contribution in [1.29, 1.82) is 5.26 Å². The van der Waals surface area contributed by atoms with Crippen molar-refractivity contribution in [2.45, 2.75) is 6.92 Å². The number of nitrogens with zero attached hydrogens (tertiary/aromatic N) is 1. The molecule has 0 aliphatic carbocycles. The predicted octanol–water partition coefficient (Wildman–Crippen LogP) is 2.39. The van der Waals surface area contributed by atoms with E-state index in [1.54, 1.807) is 12.1 Å². The predicted molar refractivity (Wildman–Crippen MR) is 53.6 cm³/mol. The van der Waals surface area contributed by atoms with Gasteiger partial charge in [-0.15, -0.1) is 0 Å². The van der Waals surface area contributed by atoms with E-state index in [4.69, 9.17) is 5.26 Å². The Bertz CT molecular complexity index is 337. The Hall–Kier alpha value is -1.27. The number of carbonyl (C=O) groups is 1. The van der Waals surface area contributed by atoms with E-state index in [-0.39, 0.29) is 10.9 Å². The van der Waals surface area contributed by atoms with Crippen LogP contribution in [0.15, 0.2) is 24.3 Å². The van der Waals surface area contributed by atoms with Crippen LogP contribution in [0, 0.1) is 18.3 Å². The summed E-state index contributed by atoms with van der Waals surface area (Å²) in [5.41, 5.74) is 1.78. The maximum absolute atomic E-state index is 11.3. The second-order valence-electron chi connectivity index (χ2n) is 2.60. The molecular weight excluding hydrogens is 182 g/mol. The largest absolute Gasteiger partial charge is 0.282 e. The van der Waals surface area contributed by atoms with Crippen LogP contribution in [0.4, 0.5) is 0 Å². The third-order valence-corrected chi connectivity index (χ3v) is 2.33. The molecule has 1 aromatic rings. The Labute approximate surface area is 81.6 Å². The highest BCUT2D eigenvalue weighted by molar-refractivity contribution is 8.14. The number of rotatable bonds is 2. The monoisotopic (exact) mass is 191 g/mol. The Morgan fingerprint density at radius 1 is 1.46 bits per heavy atom. The van der Waals surface area contributed by atoms with E-state index in [9.17, 15) is 4.79 Å². The molecule has 0 aliphatic rings. The van der Waals surface area contributed by atoms with E-state index in [2.05, 4.69) is 0 Å². The van der Waals surface area contributed by atoms with E-state index < -0.39 is 0 Å². The highest BCUT2D eigenvalue weighted by atomic mass is 32.2. The maximum Gasteiger partial charge on any atom is 0.220 e. The van der Waals surface area contributed by atoms with Gasteiger partial charge in [0.2, 0.25) is 5.12 Å². The number of aryl methyl sites for hydroxylation is 1. The Balaban J connectivity index is 2.68. The Morgan fingerprint density at radius 3 is 2.62 bits per heavy atom. The summed E-state index contributed by atoms with van der Waals surface area (Å²) >= 11 is 1.04. The first-order valence-corrected chi connectivity index (χ1v) is 4.83. The smallest absolute Gasteiger partial charge is 0.220 e. The molecule has 0 radical (unpaired) electrons. The van der Waals surface area contributed by atoms with Crippen molar-refractivity contribution in [3.8, 4) is 6.07 Å². The first kappa shape index (κ1) is 9.82. The fraction of sp³-hybridized carbons (Fsp3) is 0.200. The van der Waals surface area contributed by atoms with E-state index in [1.165, 1.54) is 0 Å². The Kier molecular flexibility index (Phi) is 3.53. The van der Waals surface area contributed by atoms with Crippen LogP contribution in [-0.2, 0) is 0 Å². The SMILES string of the molecule is Cc1ccc(C(=O)SCC#N)cc1. The third-order valence-electron chi connectivity index (χ3n) is 1.56. The second kappa shape index (κ2) is 4.68. The maximum atomic E-state index is 11.3. The molecule has 0 aromatic heterocycles. The van der Waals surface area contributed by atoms with Gasteiger partial charge in [0.15, 0.2) is 0 Å². The lowest BCUT2D eigenvalue weighted by molar-refractivity contribution is 0.108. The minimum absolute atomic E-state index is 0.0402. The van der Waals surface area contributed by atoms with Crippen LogP contribution in [0.1, 0.15) is 15.9 Å². The molecule has 3 heteroatoms. The standard InChI is InChI=1S/C10H9NOS/c1-8-2-4-9(5-3-8)10(12)13-7-6-11/h2-5H,7H2,1H3. The second-order valence-corrected chi connectivity index (χ2v) is 3.55. The quantitative estimate of drug-likeness (QED) is 0.720. The van der Waals surface area contributed by atoms with Crippen LogP contribution in [0.3, 0.4) is 0 Å². The molecule has 0 aliphatic heterocycles. The van der Waals surface area contributed by atoms with Crippen LogP contribution in [0.25, 0.3) is 0 Å². The molecule has 0 atom stereocenters. The number of hydrogen-bond acceptors (Lipinski definition) is 3. The van der Waals surface area contributed by atoms with Crippen LogP contribution in [0.2, 0.25) is 0 Å². The fourth-order valence-corrected chi connectivity index (χ4v) is 1.37. The van der Waals surface area contributed by atoms with Crippen LogP contribution >= 0.6 is 11.8 Å². The molecule has 13 heavy (non-hydrogen) atoms. The normalized spacial score (nSPS) is 9.23. The number of thioether (sulfide) groups is 1. The lowest BCUT2D eigenvalue weighted by Gasteiger charge is -1.97. The molecule has 0 spiro atoms. The summed E-state index contributed by atoms with van der Waals surface area (Å²) in [6.07, 6.45) is 0. The summed E-state index contributed by atoms with van der Waals surface area (Å²) in [5.74, 6) is 0.215. The average Bonchev–Trinajstić information content (AvgIpc) is 2.15. The number of benzene rings is 1. The summed E-state index contributed by atoms with van der Waals surface area (Å²) in [6, 6.07) is 9.26. The van der Waals surface area contributed by atoms with Gasteiger partial charge in [-0.25, -0.2) is 0 Å². The minimum Gasteiger partial charge on any atom is -0.282 e. The van der Waals surface area contributed by atoms with Crippen LogP contribution in [0.5, 0.6) is 0 Å². The zero-order valence-electron chi connectivity index (χ0n) is 7.28. The summed E-state index contributed by atoms with van der Waals surface area (Å²) < 4.78 is 0. The van der Waals surface area contributed by atoms with Crippen molar-refractivity contribution < 1.29 is 4.79 Å². The van der Waals surface area contributed by atoms with Crippen molar-refractivity contribution >= 4 is 16.9 Å². The van der Waals surface area contributed by atoms with Gasteiger partial charge in [0.25, 0.3) is 0 Å². The van der Waals surface area contributed by atoms with Gasteiger partial charge in [0.1, 0.15) is 0 Å². The molecule has 66 valence electrons. The summed E-state index contributed by atoms with van der Waals surface area (Å²) in [6.45, 7) is 1.97. The van der Waals surface area contributed by atoms with Gasteiger partial charge in [-0.2, -0.15) is 5.26 Å². The zero-order valence-corrected chi connectivity index (χ0v) is 8.10. The Morgan fingerprint density at radius 2 is 2.08 bits per heavy atom. The zero-order chi connectivity index (χ0) is 9.68. The highest BCUT2D eigenvalue weighted by Crippen LogP contribution is 2.12. The van der Waals surface area contributed by atoms with Gasteiger partial charge < -0.3 is 0 Å². The van der Waals surface area contributed by atoms with Crippen molar-refractivity contribution in [2.24, 2.45) is 0 Å². The summed E-state index contributed by atoms with van der Waals surface area (Å²) in [7, 11) is 0. The van der Waals surface area contributed by atoms with Crippen molar-refractivity contribution in [3.05, 3.63) is 35.4 Å². The third kappa shape index (κ3) is 2.92. The van der Waals surface area contributed by atoms with Crippen molar-refractivity contribution in [1.82, 2.24) is 0 Å². The minimum atomic E-state index is -0.0402. The summed E-state index contributed by atoms with van der Waals surface area (Å²) in [4.78, 5) is 11.3. The van der Waals surface area contributed by atoms with E-state index in [0.29, 0.717) is 5.56 Å².